The second-order valence-electron chi connectivity index (χ2n) is 3.95. The minimum atomic E-state index is -0.292. The van der Waals surface area contributed by atoms with Gasteiger partial charge in [0.25, 0.3) is 0 Å². The lowest BCUT2D eigenvalue weighted by Crippen LogP contribution is -2.36. The van der Waals surface area contributed by atoms with Crippen LogP contribution in [0.15, 0.2) is 12.4 Å². The lowest BCUT2D eigenvalue weighted by atomic mass is 10.1. The molecule has 1 amide bonds. The predicted molar refractivity (Wildman–Crippen MR) is 63.4 cm³/mol. The summed E-state index contributed by atoms with van der Waals surface area (Å²) in [5, 5.41) is 10.0. The molecule has 1 saturated carbocycles. The number of likely N-dealkylation sites (N-methyl/N-ethyl adjacent to an activating group) is 1. The molecule has 5 nitrogen and oxygen atoms in total. The lowest BCUT2D eigenvalue weighted by Gasteiger charge is -2.13. The van der Waals surface area contributed by atoms with Crippen LogP contribution in [0.25, 0.3) is 0 Å². The number of halogens is 1. The fourth-order valence-electron chi connectivity index (χ4n) is 1.55. The van der Waals surface area contributed by atoms with Gasteiger partial charge in [-0.2, -0.15) is 5.10 Å². The third kappa shape index (κ3) is 2.96. The number of amides is 1. The van der Waals surface area contributed by atoms with E-state index >= 15 is 0 Å². The van der Waals surface area contributed by atoms with Gasteiger partial charge in [0.05, 0.1) is 6.20 Å². The Morgan fingerprint density at radius 1 is 1.62 bits per heavy atom. The molecular formula is C10H17ClN4O. The van der Waals surface area contributed by atoms with Crippen LogP contribution in [0.5, 0.6) is 0 Å². The van der Waals surface area contributed by atoms with Gasteiger partial charge < -0.3 is 10.6 Å². The zero-order chi connectivity index (χ0) is 10.8. The maximum atomic E-state index is 11.8. The first-order valence-electron chi connectivity index (χ1n) is 5.17. The molecule has 1 aliphatic rings. The Hall–Kier alpha value is -1.07. The molecular weight excluding hydrogens is 228 g/mol. The normalized spacial score (nSPS) is 16.4. The van der Waals surface area contributed by atoms with Crippen LogP contribution in [0.1, 0.15) is 24.4 Å². The van der Waals surface area contributed by atoms with Crippen LogP contribution in [0, 0.1) is 0 Å². The highest BCUT2D eigenvalue weighted by atomic mass is 35.5. The van der Waals surface area contributed by atoms with Crippen molar-refractivity contribution in [3.63, 3.8) is 0 Å². The molecule has 2 N–H and O–H groups in total. The highest BCUT2D eigenvalue weighted by Crippen LogP contribution is 2.20. The number of nitrogens with one attached hydrogen (secondary N) is 2. The molecule has 1 atom stereocenters. The van der Waals surface area contributed by atoms with Crippen LogP contribution in [0.4, 0.5) is 0 Å². The first-order valence-corrected chi connectivity index (χ1v) is 5.17. The molecule has 16 heavy (non-hydrogen) atoms. The summed E-state index contributed by atoms with van der Waals surface area (Å²) >= 11 is 0. The van der Waals surface area contributed by atoms with E-state index in [9.17, 15) is 4.79 Å². The van der Waals surface area contributed by atoms with E-state index in [0.29, 0.717) is 6.04 Å². The summed E-state index contributed by atoms with van der Waals surface area (Å²) in [6.45, 7) is 0. The molecule has 0 aromatic carbocycles. The number of hydrogen-bond acceptors (Lipinski definition) is 3. The summed E-state index contributed by atoms with van der Waals surface area (Å²) in [5.41, 5.74) is 0.901. The molecule has 1 heterocycles. The van der Waals surface area contributed by atoms with E-state index in [0.717, 1.165) is 18.4 Å². The summed E-state index contributed by atoms with van der Waals surface area (Å²) in [6, 6.07) is 0.101. The van der Waals surface area contributed by atoms with Crippen LogP contribution in [-0.4, -0.2) is 28.8 Å². The predicted octanol–water partition coefficient (Wildman–Crippen LogP) is 0.381. The molecule has 90 valence electrons. The average Bonchev–Trinajstić information content (AvgIpc) is 2.90. The minimum Gasteiger partial charge on any atom is -0.352 e. The van der Waals surface area contributed by atoms with Gasteiger partial charge in [-0.3, -0.25) is 9.48 Å². The zero-order valence-corrected chi connectivity index (χ0v) is 10.3. The van der Waals surface area contributed by atoms with E-state index in [1.807, 2.05) is 13.2 Å². The molecule has 0 bridgehead atoms. The molecule has 1 unspecified atom stereocenters. The number of nitrogens with zero attached hydrogens (tertiary/aromatic N) is 2. The van der Waals surface area contributed by atoms with Gasteiger partial charge in [-0.25, -0.2) is 0 Å². The molecule has 0 spiro atoms. The standard InChI is InChI=1S/C10H16N4O.ClH/c1-11-9(7-5-12-14(2)6-7)10(15)13-8-3-4-8;/h5-6,8-9,11H,3-4H2,1-2H3,(H,13,15);1H. The largest absolute Gasteiger partial charge is 0.352 e. The maximum Gasteiger partial charge on any atom is 0.242 e. The van der Waals surface area contributed by atoms with E-state index in [-0.39, 0.29) is 24.4 Å². The van der Waals surface area contributed by atoms with Gasteiger partial charge in [0.2, 0.25) is 5.91 Å². The SMILES string of the molecule is CNC(C(=O)NC1CC1)c1cnn(C)c1.Cl. The van der Waals surface area contributed by atoms with Crippen LogP contribution < -0.4 is 10.6 Å². The maximum absolute atomic E-state index is 11.8. The molecule has 0 radical (unpaired) electrons. The number of carbonyl (C=O) groups is 1. The Labute approximate surface area is 101 Å². The van der Waals surface area contributed by atoms with Crippen LogP contribution in [0.2, 0.25) is 0 Å². The van der Waals surface area contributed by atoms with Crippen molar-refractivity contribution in [1.29, 1.82) is 0 Å². The van der Waals surface area contributed by atoms with Crippen molar-refractivity contribution in [3.8, 4) is 0 Å². The Morgan fingerprint density at radius 2 is 2.31 bits per heavy atom. The second kappa shape index (κ2) is 5.32. The number of rotatable bonds is 4. The quantitative estimate of drug-likeness (QED) is 0.805. The molecule has 0 aliphatic heterocycles. The number of aryl methyl sites for hydroxylation is 1. The van der Waals surface area contributed by atoms with E-state index in [4.69, 9.17) is 0 Å². The van der Waals surface area contributed by atoms with Gasteiger partial charge in [0.15, 0.2) is 0 Å². The van der Waals surface area contributed by atoms with Crippen molar-refractivity contribution in [1.82, 2.24) is 20.4 Å². The third-order valence-electron chi connectivity index (χ3n) is 2.53. The smallest absolute Gasteiger partial charge is 0.242 e. The summed E-state index contributed by atoms with van der Waals surface area (Å²) in [5.74, 6) is 0.0352. The minimum absolute atomic E-state index is 0. The Bertz CT molecular complexity index is 361. The first kappa shape index (κ1) is 13.0. The monoisotopic (exact) mass is 244 g/mol. The first-order chi connectivity index (χ1) is 7.20. The van der Waals surface area contributed by atoms with E-state index in [1.54, 1.807) is 17.9 Å². The van der Waals surface area contributed by atoms with Gasteiger partial charge in [-0.15, -0.1) is 12.4 Å². The number of hydrogen-bond donors (Lipinski definition) is 2. The Morgan fingerprint density at radius 3 is 2.75 bits per heavy atom. The summed E-state index contributed by atoms with van der Waals surface area (Å²) in [7, 11) is 3.62. The Kier molecular flexibility index (Phi) is 4.32. The van der Waals surface area contributed by atoms with Crippen LogP contribution in [-0.2, 0) is 11.8 Å². The van der Waals surface area contributed by atoms with Crippen molar-refractivity contribution in [2.75, 3.05) is 7.05 Å². The van der Waals surface area contributed by atoms with Crippen molar-refractivity contribution in [2.24, 2.45) is 7.05 Å². The second-order valence-corrected chi connectivity index (χ2v) is 3.95. The van der Waals surface area contributed by atoms with Crippen molar-refractivity contribution in [3.05, 3.63) is 18.0 Å². The fraction of sp³-hybridized carbons (Fsp3) is 0.600. The number of aromatic nitrogens is 2. The van der Waals surface area contributed by atoms with Gasteiger partial charge in [0, 0.05) is 24.8 Å². The topological polar surface area (TPSA) is 59.0 Å². The fourth-order valence-corrected chi connectivity index (χ4v) is 1.55. The Balaban J connectivity index is 0.00000128. The molecule has 2 rings (SSSR count). The van der Waals surface area contributed by atoms with Gasteiger partial charge in [0.1, 0.15) is 6.04 Å². The van der Waals surface area contributed by atoms with E-state index in [1.165, 1.54) is 0 Å². The van der Waals surface area contributed by atoms with Crippen molar-refractivity contribution in [2.45, 2.75) is 24.9 Å². The highest BCUT2D eigenvalue weighted by Gasteiger charge is 2.27. The van der Waals surface area contributed by atoms with Crippen molar-refractivity contribution < 1.29 is 4.79 Å². The molecule has 1 aromatic rings. The highest BCUT2D eigenvalue weighted by molar-refractivity contribution is 5.85. The van der Waals surface area contributed by atoms with Crippen LogP contribution in [0.3, 0.4) is 0 Å². The molecule has 0 saturated heterocycles. The molecule has 1 aromatic heterocycles. The summed E-state index contributed by atoms with van der Waals surface area (Å²) < 4.78 is 1.70. The average molecular weight is 245 g/mol. The lowest BCUT2D eigenvalue weighted by molar-refractivity contribution is -0.123. The summed E-state index contributed by atoms with van der Waals surface area (Å²) in [6.07, 6.45) is 5.78. The van der Waals surface area contributed by atoms with Gasteiger partial charge >= 0.3 is 0 Å². The third-order valence-corrected chi connectivity index (χ3v) is 2.53. The molecule has 1 aliphatic carbocycles. The van der Waals surface area contributed by atoms with Crippen molar-refractivity contribution >= 4 is 18.3 Å². The summed E-state index contributed by atoms with van der Waals surface area (Å²) in [4.78, 5) is 11.8. The van der Waals surface area contributed by atoms with Crippen LogP contribution >= 0.6 is 12.4 Å². The van der Waals surface area contributed by atoms with E-state index < -0.39 is 0 Å². The zero-order valence-electron chi connectivity index (χ0n) is 9.43. The van der Waals surface area contributed by atoms with Gasteiger partial charge in [-0.1, -0.05) is 0 Å². The van der Waals surface area contributed by atoms with E-state index in [2.05, 4.69) is 15.7 Å². The number of carbonyl (C=O) groups excluding carboxylic acids is 1. The molecule has 1 fully saturated rings. The van der Waals surface area contributed by atoms with Gasteiger partial charge in [-0.05, 0) is 19.9 Å². The molecule has 6 heteroatoms.